The van der Waals surface area contributed by atoms with Crippen molar-refractivity contribution in [3.63, 3.8) is 0 Å². The summed E-state index contributed by atoms with van der Waals surface area (Å²) in [5.41, 5.74) is 0.309. The molecule has 0 fully saturated rings. The summed E-state index contributed by atoms with van der Waals surface area (Å²) in [4.78, 5) is 17.2. The molecule has 1 aliphatic heterocycles. The first-order valence-electron chi connectivity index (χ1n) is 9.49. The van der Waals surface area contributed by atoms with Crippen LogP contribution in [0.25, 0.3) is 16.9 Å². The molecule has 4 rings (SSSR count). The van der Waals surface area contributed by atoms with Crippen LogP contribution in [0.1, 0.15) is 16.8 Å². The fourth-order valence-electron chi connectivity index (χ4n) is 3.74. The molecular weight excluding hydrogens is 467 g/mol. The molecule has 0 aliphatic carbocycles. The van der Waals surface area contributed by atoms with Crippen LogP contribution in [0.3, 0.4) is 0 Å². The molecule has 0 radical (unpaired) electrons. The fourth-order valence-corrected chi connectivity index (χ4v) is 4.74. The second-order valence-corrected chi connectivity index (χ2v) is 9.77. The first kappa shape index (κ1) is 22.5. The van der Waals surface area contributed by atoms with Gasteiger partial charge in [0, 0.05) is 36.3 Å². The zero-order chi connectivity index (χ0) is 23.3. The number of aromatic nitrogens is 2. The summed E-state index contributed by atoms with van der Waals surface area (Å²) in [5, 5.41) is 0.312. The molecule has 0 unspecified atom stereocenters. The average Bonchev–Trinajstić information content (AvgIpc) is 2.72. The minimum atomic E-state index is -4.51. The van der Waals surface area contributed by atoms with Crippen molar-refractivity contribution in [2.75, 3.05) is 12.8 Å². The molecule has 2 heterocycles. The smallest absolute Gasteiger partial charge is 0.263 e. The van der Waals surface area contributed by atoms with E-state index in [0.29, 0.717) is 22.0 Å². The van der Waals surface area contributed by atoms with Gasteiger partial charge in [-0.05, 0) is 24.3 Å². The minimum Gasteiger partial charge on any atom is -0.263 e. The minimum absolute atomic E-state index is 0.0672. The molecule has 0 bridgehead atoms. The Morgan fingerprint density at radius 1 is 1.06 bits per heavy atom. The summed E-state index contributed by atoms with van der Waals surface area (Å²) < 4.78 is 65.8. The fraction of sp³-hybridized carbons (Fsp3) is 0.238. The summed E-state index contributed by atoms with van der Waals surface area (Å²) in [6.45, 7) is 0.0778. The van der Waals surface area contributed by atoms with E-state index in [4.69, 9.17) is 11.6 Å². The van der Waals surface area contributed by atoms with Crippen molar-refractivity contribution in [2.45, 2.75) is 19.1 Å². The molecule has 11 heteroatoms. The quantitative estimate of drug-likeness (QED) is 0.566. The van der Waals surface area contributed by atoms with Gasteiger partial charge < -0.3 is 0 Å². The number of halogens is 4. The van der Waals surface area contributed by atoms with Crippen molar-refractivity contribution in [3.8, 4) is 16.9 Å². The van der Waals surface area contributed by atoms with Gasteiger partial charge in [-0.15, -0.1) is 0 Å². The lowest BCUT2D eigenvalue weighted by atomic mass is 9.99. The lowest BCUT2D eigenvalue weighted by Gasteiger charge is -2.30. The summed E-state index contributed by atoms with van der Waals surface area (Å²) >= 11 is 6.29. The topological polar surface area (TPSA) is 72.3 Å². The van der Waals surface area contributed by atoms with E-state index in [9.17, 15) is 26.4 Å². The van der Waals surface area contributed by atoms with E-state index in [1.54, 1.807) is 24.3 Å². The van der Waals surface area contributed by atoms with Crippen LogP contribution in [0.15, 0.2) is 53.3 Å². The largest absolute Gasteiger partial charge is 0.416 e. The Morgan fingerprint density at radius 3 is 2.31 bits per heavy atom. The molecule has 0 amide bonds. The highest BCUT2D eigenvalue weighted by atomic mass is 35.5. The van der Waals surface area contributed by atoms with Crippen LogP contribution in [-0.2, 0) is 29.2 Å². The van der Waals surface area contributed by atoms with Crippen LogP contribution in [-0.4, -0.2) is 35.1 Å². The summed E-state index contributed by atoms with van der Waals surface area (Å²) in [6.07, 6.45) is -3.22. The van der Waals surface area contributed by atoms with Gasteiger partial charge in [0.15, 0.2) is 0 Å². The van der Waals surface area contributed by atoms with E-state index >= 15 is 0 Å². The van der Waals surface area contributed by atoms with Crippen molar-refractivity contribution in [2.24, 2.45) is 0 Å². The number of nitrogens with zero attached hydrogens (tertiary/aromatic N) is 3. The number of alkyl halides is 3. The monoisotopic (exact) mass is 483 g/mol. The molecule has 1 aliphatic rings. The highest BCUT2D eigenvalue weighted by Gasteiger charge is 2.32. The Balaban J connectivity index is 1.95. The number of hydrogen-bond acceptors (Lipinski definition) is 4. The standard InChI is InChI=1S/C21H17ClF3N3O3S/c1-32(30,31)27-11-10-17-15(12-27)19(13-6-8-14(9-7-13)21(23,24)25)26-20(29)28(17)18-5-3-2-4-16(18)22/h2-9H,10-12H2,1H3. The second kappa shape index (κ2) is 8.02. The van der Waals surface area contributed by atoms with Crippen LogP contribution in [0.4, 0.5) is 13.2 Å². The first-order valence-corrected chi connectivity index (χ1v) is 11.7. The average molecular weight is 484 g/mol. The Hall–Kier alpha value is -2.69. The van der Waals surface area contributed by atoms with Crippen LogP contribution < -0.4 is 5.69 Å². The number of fused-ring (bicyclic) bond motifs is 1. The van der Waals surface area contributed by atoms with Crippen molar-refractivity contribution >= 4 is 21.6 Å². The SMILES string of the molecule is CS(=O)(=O)N1CCc2c(c(-c3ccc(C(F)(F)F)cc3)nc(=O)n2-c2ccccc2Cl)C1. The van der Waals surface area contributed by atoms with Crippen LogP contribution in [0, 0.1) is 0 Å². The van der Waals surface area contributed by atoms with Gasteiger partial charge in [0.1, 0.15) is 0 Å². The summed E-state index contributed by atoms with van der Waals surface area (Å²) in [7, 11) is -3.55. The van der Waals surface area contributed by atoms with E-state index in [0.717, 1.165) is 18.4 Å². The van der Waals surface area contributed by atoms with E-state index < -0.39 is 27.5 Å². The molecule has 6 nitrogen and oxygen atoms in total. The van der Waals surface area contributed by atoms with Crippen molar-refractivity contribution in [3.05, 3.63) is 80.9 Å². The lowest BCUT2D eigenvalue weighted by Crippen LogP contribution is -2.39. The van der Waals surface area contributed by atoms with Gasteiger partial charge in [0.2, 0.25) is 10.0 Å². The third-order valence-electron chi connectivity index (χ3n) is 5.28. The second-order valence-electron chi connectivity index (χ2n) is 7.38. The third kappa shape index (κ3) is 4.17. The van der Waals surface area contributed by atoms with Crippen LogP contribution in [0.5, 0.6) is 0 Å². The molecule has 3 aromatic rings. The maximum Gasteiger partial charge on any atom is 0.416 e. The number of sulfonamides is 1. The van der Waals surface area contributed by atoms with E-state index in [1.165, 1.54) is 21.0 Å². The Morgan fingerprint density at radius 2 is 1.72 bits per heavy atom. The number of rotatable bonds is 3. The summed E-state index contributed by atoms with van der Waals surface area (Å²) in [6, 6.07) is 10.9. The van der Waals surface area contributed by atoms with E-state index in [1.807, 2.05) is 0 Å². The van der Waals surface area contributed by atoms with Crippen molar-refractivity contribution in [1.82, 2.24) is 13.9 Å². The molecule has 2 aromatic carbocycles. The summed E-state index contributed by atoms with van der Waals surface area (Å²) in [5.74, 6) is 0. The number of benzene rings is 2. The van der Waals surface area contributed by atoms with Crippen LogP contribution >= 0.6 is 11.6 Å². The maximum absolute atomic E-state index is 13.0. The predicted octanol–water partition coefficient (Wildman–Crippen LogP) is 3.89. The molecule has 1 aromatic heterocycles. The zero-order valence-electron chi connectivity index (χ0n) is 16.7. The number of para-hydroxylation sites is 1. The third-order valence-corrected chi connectivity index (χ3v) is 6.85. The van der Waals surface area contributed by atoms with E-state index in [-0.39, 0.29) is 30.8 Å². The van der Waals surface area contributed by atoms with Crippen LogP contribution in [0.2, 0.25) is 5.02 Å². The molecule has 32 heavy (non-hydrogen) atoms. The normalized spacial score (nSPS) is 14.9. The van der Waals surface area contributed by atoms with Crippen molar-refractivity contribution in [1.29, 1.82) is 0 Å². The van der Waals surface area contributed by atoms with Crippen molar-refractivity contribution < 1.29 is 21.6 Å². The Labute approximate surface area is 186 Å². The highest BCUT2D eigenvalue weighted by molar-refractivity contribution is 7.88. The lowest BCUT2D eigenvalue weighted by molar-refractivity contribution is -0.137. The maximum atomic E-state index is 13.0. The molecule has 0 saturated carbocycles. The Kier molecular flexibility index (Phi) is 5.64. The van der Waals surface area contributed by atoms with Gasteiger partial charge in [-0.2, -0.15) is 22.5 Å². The predicted molar refractivity (Wildman–Crippen MR) is 114 cm³/mol. The zero-order valence-corrected chi connectivity index (χ0v) is 18.3. The number of hydrogen-bond donors (Lipinski definition) is 0. The van der Waals surface area contributed by atoms with E-state index in [2.05, 4.69) is 4.98 Å². The van der Waals surface area contributed by atoms with Gasteiger partial charge in [0.05, 0.1) is 28.2 Å². The van der Waals surface area contributed by atoms with Gasteiger partial charge in [-0.3, -0.25) is 4.57 Å². The highest BCUT2D eigenvalue weighted by Crippen LogP contribution is 2.34. The van der Waals surface area contributed by atoms with Gasteiger partial charge in [-0.25, -0.2) is 13.2 Å². The van der Waals surface area contributed by atoms with Gasteiger partial charge >= 0.3 is 11.9 Å². The Bertz CT molecular complexity index is 1350. The molecule has 168 valence electrons. The first-order chi connectivity index (χ1) is 15.0. The molecule has 0 N–H and O–H groups in total. The molecule has 0 atom stereocenters. The molecular formula is C21H17ClF3N3O3S. The molecule has 0 saturated heterocycles. The molecule has 0 spiro atoms. The van der Waals surface area contributed by atoms with Gasteiger partial charge in [0.25, 0.3) is 0 Å². The van der Waals surface area contributed by atoms with Gasteiger partial charge in [-0.1, -0.05) is 35.9 Å².